The summed E-state index contributed by atoms with van der Waals surface area (Å²) < 4.78 is 5.28. The van der Waals surface area contributed by atoms with Crippen molar-refractivity contribution >= 4 is 11.6 Å². The summed E-state index contributed by atoms with van der Waals surface area (Å²) >= 11 is 0. The lowest BCUT2D eigenvalue weighted by atomic mass is 9.38. The molecule has 1 aromatic heterocycles. The summed E-state index contributed by atoms with van der Waals surface area (Å²) in [5.74, 6) is -0.710. The summed E-state index contributed by atoms with van der Waals surface area (Å²) in [7, 11) is 0. The minimum absolute atomic E-state index is 0.00208. The molecule has 0 spiro atoms. The monoisotopic (exact) mass is 424 g/mol. The van der Waals surface area contributed by atoms with Crippen LogP contribution in [0.15, 0.2) is 46.8 Å². The van der Waals surface area contributed by atoms with Crippen LogP contribution in [0.1, 0.15) is 58.9 Å². The highest BCUT2D eigenvalue weighted by atomic mass is 16.3. The lowest BCUT2D eigenvalue weighted by Crippen LogP contribution is -2.69. The molecule has 5 rings (SSSR count). The first-order valence-corrected chi connectivity index (χ1v) is 11.3. The molecule has 2 N–H and O–H groups in total. The average Bonchev–Trinajstić information content (AvgIpc) is 3.29. The minimum Gasteiger partial charge on any atom is -0.472 e. The van der Waals surface area contributed by atoms with Crippen LogP contribution in [-0.4, -0.2) is 34.0 Å². The summed E-state index contributed by atoms with van der Waals surface area (Å²) in [5, 5.41) is 23.1. The Morgan fingerprint density at radius 3 is 2.45 bits per heavy atom. The van der Waals surface area contributed by atoms with E-state index in [4.69, 9.17) is 4.42 Å². The number of rotatable bonds is 1. The summed E-state index contributed by atoms with van der Waals surface area (Å²) in [6.07, 6.45) is 8.07. The van der Waals surface area contributed by atoms with Gasteiger partial charge in [0.25, 0.3) is 0 Å². The third kappa shape index (κ3) is 2.29. The molecular weight excluding hydrogens is 392 g/mol. The Balaban J connectivity index is 1.68. The van der Waals surface area contributed by atoms with Gasteiger partial charge in [-0.25, -0.2) is 0 Å². The summed E-state index contributed by atoms with van der Waals surface area (Å²) in [5.41, 5.74) is -0.664. The average molecular weight is 425 g/mol. The molecule has 0 aliphatic heterocycles. The number of furan rings is 1. The van der Waals surface area contributed by atoms with Crippen LogP contribution < -0.4 is 0 Å². The van der Waals surface area contributed by atoms with Gasteiger partial charge in [0.1, 0.15) is 0 Å². The molecule has 31 heavy (non-hydrogen) atoms. The topological polar surface area (TPSA) is 87.7 Å². The van der Waals surface area contributed by atoms with E-state index in [1.807, 2.05) is 32.9 Å². The summed E-state index contributed by atoms with van der Waals surface area (Å²) in [4.78, 5) is 25.9. The molecule has 4 aliphatic carbocycles. The van der Waals surface area contributed by atoms with Gasteiger partial charge in [-0.1, -0.05) is 46.3 Å². The van der Waals surface area contributed by atoms with Gasteiger partial charge in [0.15, 0.2) is 11.6 Å². The second-order valence-corrected chi connectivity index (χ2v) is 11.4. The zero-order valence-electron chi connectivity index (χ0n) is 18.9. The van der Waals surface area contributed by atoms with Crippen LogP contribution in [0.3, 0.4) is 0 Å². The van der Waals surface area contributed by atoms with Crippen molar-refractivity contribution in [2.75, 3.05) is 0 Å². The van der Waals surface area contributed by atoms with Gasteiger partial charge in [0, 0.05) is 27.7 Å². The smallest absolute Gasteiger partial charge is 0.164 e. The molecule has 2 fully saturated rings. The van der Waals surface area contributed by atoms with Crippen LogP contribution in [0.2, 0.25) is 0 Å². The molecule has 0 saturated heterocycles. The SMILES string of the molecule is CC1(C)C(=O)C=CC2(C)C1C(O)C(O)C1(C)C3=CC(=O)C(c4ccoc4)C3(C)CCC21. The second-order valence-electron chi connectivity index (χ2n) is 11.4. The molecule has 5 heteroatoms. The zero-order valence-corrected chi connectivity index (χ0v) is 18.9. The number of fused-ring (bicyclic) bond motifs is 5. The fraction of sp³-hybridized carbons (Fsp3) is 0.615. The van der Waals surface area contributed by atoms with Gasteiger partial charge in [-0.3, -0.25) is 9.59 Å². The normalized spacial score (nSPS) is 48.1. The Labute approximate surface area is 183 Å². The second kappa shape index (κ2) is 6.08. The summed E-state index contributed by atoms with van der Waals surface area (Å²) in [6.45, 7) is 9.99. The van der Waals surface area contributed by atoms with Gasteiger partial charge in [0.05, 0.1) is 30.7 Å². The van der Waals surface area contributed by atoms with Crippen LogP contribution >= 0.6 is 0 Å². The third-order valence-electron chi connectivity index (χ3n) is 9.66. The Kier molecular flexibility index (Phi) is 4.10. The molecule has 0 aromatic carbocycles. The van der Waals surface area contributed by atoms with Gasteiger partial charge >= 0.3 is 0 Å². The first kappa shape index (κ1) is 20.9. The van der Waals surface area contributed by atoms with Crippen molar-refractivity contribution < 1.29 is 24.2 Å². The molecule has 1 heterocycles. The maximum Gasteiger partial charge on any atom is 0.164 e. The zero-order chi connectivity index (χ0) is 22.6. The Bertz CT molecular complexity index is 1020. The highest BCUT2D eigenvalue weighted by Gasteiger charge is 2.71. The first-order chi connectivity index (χ1) is 14.4. The number of ketones is 2. The van der Waals surface area contributed by atoms with Crippen molar-refractivity contribution in [2.24, 2.45) is 33.5 Å². The maximum atomic E-state index is 13.2. The van der Waals surface area contributed by atoms with Gasteiger partial charge in [-0.15, -0.1) is 0 Å². The van der Waals surface area contributed by atoms with E-state index in [0.29, 0.717) is 0 Å². The van der Waals surface area contributed by atoms with Crippen molar-refractivity contribution in [3.8, 4) is 0 Å². The van der Waals surface area contributed by atoms with E-state index in [2.05, 4.69) is 13.8 Å². The highest BCUT2D eigenvalue weighted by molar-refractivity contribution is 6.01. The molecule has 5 nitrogen and oxygen atoms in total. The van der Waals surface area contributed by atoms with Crippen molar-refractivity contribution in [1.82, 2.24) is 0 Å². The number of allylic oxidation sites excluding steroid dienone is 3. The van der Waals surface area contributed by atoms with Crippen LogP contribution in [-0.2, 0) is 9.59 Å². The molecule has 0 radical (unpaired) electrons. The fourth-order valence-electron chi connectivity index (χ4n) is 8.30. The quantitative estimate of drug-likeness (QED) is 0.716. The molecular formula is C26H32O5. The fourth-order valence-corrected chi connectivity index (χ4v) is 8.30. The molecule has 2 saturated carbocycles. The molecule has 1 aromatic rings. The standard InChI is InChI=1S/C26H32O5/c1-23(2)18(28)7-10-25(4)16-6-9-24(3)17(26(16,5)22(30)20(29)21(23)25)12-15(27)19(24)14-8-11-31-13-14/h7-8,10-13,16,19-22,29-30H,6,9H2,1-5H3. The van der Waals surface area contributed by atoms with Crippen LogP contribution in [0.25, 0.3) is 0 Å². The molecule has 0 amide bonds. The highest BCUT2D eigenvalue weighted by Crippen LogP contribution is 2.72. The third-order valence-corrected chi connectivity index (χ3v) is 9.66. The van der Waals surface area contributed by atoms with Crippen LogP contribution in [0.5, 0.6) is 0 Å². The Hall–Kier alpha value is -1.98. The van der Waals surface area contributed by atoms with Gasteiger partial charge in [-0.05, 0) is 42.4 Å². The molecule has 0 bridgehead atoms. The number of carbonyl (C=O) groups excluding carboxylic acids is 2. The van der Waals surface area contributed by atoms with Crippen molar-refractivity contribution in [3.63, 3.8) is 0 Å². The number of carbonyl (C=O) groups is 2. The van der Waals surface area contributed by atoms with E-state index in [0.717, 1.165) is 24.0 Å². The lowest BCUT2D eigenvalue weighted by Gasteiger charge is -2.67. The molecule has 8 unspecified atom stereocenters. The predicted octanol–water partition coefficient (Wildman–Crippen LogP) is 3.82. The Morgan fingerprint density at radius 1 is 1.10 bits per heavy atom. The van der Waals surface area contributed by atoms with Crippen LogP contribution in [0.4, 0.5) is 0 Å². The van der Waals surface area contributed by atoms with E-state index in [-0.39, 0.29) is 23.4 Å². The van der Waals surface area contributed by atoms with Crippen molar-refractivity contribution in [2.45, 2.75) is 65.6 Å². The van der Waals surface area contributed by atoms with E-state index < -0.39 is 39.8 Å². The number of aliphatic hydroxyl groups excluding tert-OH is 2. The first-order valence-electron chi connectivity index (χ1n) is 11.3. The largest absolute Gasteiger partial charge is 0.472 e. The molecule has 166 valence electrons. The van der Waals surface area contributed by atoms with Gasteiger partial charge in [-0.2, -0.15) is 0 Å². The van der Waals surface area contributed by atoms with E-state index in [1.165, 1.54) is 0 Å². The van der Waals surface area contributed by atoms with Crippen molar-refractivity contribution in [3.05, 3.63) is 48.0 Å². The van der Waals surface area contributed by atoms with Crippen molar-refractivity contribution in [1.29, 1.82) is 0 Å². The van der Waals surface area contributed by atoms with E-state index in [1.54, 1.807) is 24.7 Å². The maximum absolute atomic E-state index is 13.2. The predicted molar refractivity (Wildman–Crippen MR) is 115 cm³/mol. The van der Waals surface area contributed by atoms with E-state index in [9.17, 15) is 19.8 Å². The van der Waals surface area contributed by atoms with Gasteiger partial charge in [0.2, 0.25) is 0 Å². The van der Waals surface area contributed by atoms with Gasteiger partial charge < -0.3 is 14.6 Å². The molecule has 4 aliphatic rings. The number of hydrogen-bond donors (Lipinski definition) is 2. The number of hydrogen-bond acceptors (Lipinski definition) is 5. The van der Waals surface area contributed by atoms with Crippen LogP contribution in [0, 0.1) is 33.5 Å². The minimum atomic E-state index is -1.07. The number of aliphatic hydroxyl groups is 2. The Morgan fingerprint density at radius 2 is 1.81 bits per heavy atom. The van der Waals surface area contributed by atoms with E-state index >= 15 is 0 Å². The molecule has 8 atom stereocenters. The summed E-state index contributed by atoms with van der Waals surface area (Å²) in [6, 6.07) is 1.85. The lowest BCUT2D eigenvalue weighted by molar-refractivity contribution is -0.216.